The summed E-state index contributed by atoms with van der Waals surface area (Å²) in [4.78, 5) is 13.9. The van der Waals surface area contributed by atoms with Crippen molar-refractivity contribution in [2.75, 3.05) is 16.0 Å². The summed E-state index contributed by atoms with van der Waals surface area (Å²) < 4.78 is 81.6. The van der Waals surface area contributed by atoms with Crippen LogP contribution in [-0.2, 0) is 20.2 Å². The number of hydrogen-bond donors (Lipinski definition) is 5. The molecule has 0 bridgehead atoms. The van der Waals surface area contributed by atoms with Gasteiger partial charge in [0.05, 0.1) is 31.5 Å². The Kier molecular flexibility index (Phi) is 11.2. The first-order chi connectivity index (χ1) is 32.4. The molecule has 0 unspecified atom stereocenters. The number of aromatic nitrogens is 2. The molecule has 0 fully saturated rings. The van der Waals surface area contributed by atoms with Crippen molar-refractivity contribution in [2.24, 2.45) is 4.99 Å². The summed E-state index contributed by atoms with van der Waals surface area (Å²) in [5, 5.41) is 12.8. The number of anilines is 6. The zero-order valence-corrected chi connectivity index (χ0v) is 40.6. The molecule has 2 aliphatic rings. The molecule has 0 spiro atoms. The minimum absolute atomic E-state index is 0.242. The zero-order chi connectivity index (χ0) is 47.8. The van der Waals surface area contributed by atoms with Crippen molar-refractivity contribution < 1.29 is 30.4 Å². The van der Waals surface area contributed by atoms with Gasteiger partial charge in [-0.15, -0.1) is 0 Å². The average molecular weight is 979 g/mol. The van der Waals surface area contributed by atoms with E-state index in [0.717, 1.165) is 53.6 Å². The van der Waals surface area contributed by atoms with E-state index in [0.29, 0.717) is 66.5 Å². The first-order valence-corrected chi connectivity index (χ1v) is 25.8. The van der Waals surface area contributed by atoms with E-state index in [1.807, 2.05) is 87.5 Å². The van der Waals surface area contributed by atoms with E-state index in [1.165, 1.54) is 17.4 Å². The minimum Gasteiger partial charge on any atom is -0.456 e. The lowest BCUT2D eigenvalue weighted by Crippen LogP contribution is -2.10. The standard InChI is InChI=1S/C51H42N6O7S4/c1-26-23-27(2)46(56-50-54-37-14-8-10-16-41(37)65-50)28(3)45(26)52-32-19-21-34-39(24-32)64-40-25-33(20-22-35(40)44(34)36-13-7-12-18-43(36)67(58,59)60)53-47-29(4)48(31(6)49(30(47)5)68(61,62)63)57-51-55-38-15-9-11-17-42(38)66-51/h7-25,52H,1-6H3,(H,54,56)(H,55,57)(H,58,59,60)(H,61,62,63)/b53-33+. The third-order valence-electron chi connectivity index (χ3n) is 12.1. The van der Waals surface area contributed by atoms with E-state index in [-0.39, 0.29) is 20.9 Å². The highest BCUT2D eigenvalue weighted by molar-refractivity contribution is 7.86. The predicted octanol–water partition coefficient (Wildman–Crippen LogP) is 13.2. The molecule has 1 aliphatic carbocycles. The molecule has 6 aromatic carbocycles. The van der Waals surface area contributed by atoms with Crippen LogP contribution in [0.3, 0.4) is 0 Å². The number of thiazole rings is 2. The molecule has 8 aromatic rings. The van der Waals surface area contributed by atoms with Crippen molar-refractivity contribution in [3.05, 3.63) is 154 Å². The maximum Gasteiger partial charge on any atom is 0.295 e. The van der Waals surface area contributed by atoms with Crippen molar-refractivity contribution in [1.29, 1.82) is 0 Å². The van der Waals surface area contributed by atoms with Crippen LogP contribution in [0.4, 0.5) is 38.7 Å². The maximum atomic E-state index is 13.0. The van der Waals surface area contributed by atoms with Crippen LogP contribution >= 0.6 is 22.7 Å². The summed E-state index contributed by atoms with van der Waals surface area (Å²) in [5.74, 6) is 0.325. The quantitative estimate of drug-likeness (QED) is 0.0643. The van der Waals surface area contributed by atoms with Gasteiger partial charge in [-0.2, -0.15) is 16.8 Å². The monoisotopic (exact) mass is 978 g/mol. The molecule has 10 rings (SSSR count). The lowest BCUT2D eigenvalue weighted by Gasteiger charge is -2.20. The van der Waals surface area contributed by atoms with E-state index in [1.54, 1.807) is 61.6 Å². The molecule has 0 saturated carbocycles. The normalized spacial score (nSPS) is 12.4. The van der Waals surface area contributed by atoms with Gasteiger partial charge in [-0.3, -0.25) is 9.11 Å². The molecule has 0 amide bonds. The van der Waals surface area contributed by atoms with Crippen molar-refractivity contribution in [1.82, 2.24) is 9.97 Å². The summed E-state index contributed by atoms with van der Waals surface area (Å²) >= 11 is 2.99. The predicted molar refractivity (Wildman–Crippen MR) is 274 cm³/mol. The number of nitrogens with one attached hydrogen (secondary N) is 3. The van der Waals surface area contributed by atoms with E-state index in [9.17, 15) is 25.9 Å². The summed E-state index contributed by atoms with van der Waals surface area (Å²) in [5.41, 5.74) is 10.8. The highest BCUT2D eigenvalue weighted by atomic mass is 32.2. The Morgan fingerprint density at radius 3 is 1.81 bits per heavy atom. The summed E-state index contributed by atoms with van der Waals surface area (Å²) in [6.07, 6.45) is 0. The second-order valence-electron chi connectivity index (χ2n) is 16.6. The number of aryl methyl sites for hydroxylation is 2. The number of benzene rings is 7. The van der Waals surface area contributed by atoms with Crippen molar-refractivity contribution >= 4 is 113 Å². The van der Waals surface area contributed by atoms with Gasteiger partial charge < -0.3 is 20.4 Å². The Labute approximate surface area is 399 Å². The molecule has 1 aliphatic heterocycles. The van der Waals surface area contributed by atoms with Gasteiger partial charge in [0.25, 0.3) is 20.2 Å². The van der Waals surface area contributed by atoms with Crippen LogP contribution < -0.4 is 21.3 Å². The minimum atomic E-state index is -4.72. The van der Waals surface area contributed by atoms with Gasteiger partial charge in [0.1, 0.15) is 21.1 Å². The summed E-state index contributed by atoms with van der Waals surface area (Å²) in [6.45, 7) is 11.2. The SMILES string of the molecule is Cc1cc(C)c(Nc2nc3ccccc3s2)c(C)c1Nc1ccc2c(-c3ccccc3S(=O)(=O)O)c3cc/c(=N\c4c(C)c(Nc5nc6ccccc6s5)c(C)c(S(=O)(=O)O)c4C)cc-3oc2c1. The maximum absolute atomic E-state index is 13.0. The van der Waals surface area contributed by atoms with Gasteiger partial charge in [-0.05, 0) is 130 Å². The average Bonchev–Trinajstić information content (AvgIpc) is 3.91. The van der Waals surface area contributed by atoms with Gasteiger partial charge in [0.15, 0.2) is 10.3 Å². The molecule has 3 heterocycles. The van der Waals surface area contributed by atoms with Crippen LogP contribution in [0.25, 0.3) is 53.9 Å². The Morgan fingerprint density at radius 1 is 0.574 bits per heavy atom. The lowest BCUT2D eigenvalue weighted by atomic mass is 9.93. The molecule has 5 N–H and O–H groups in total. The van der Waals surface area contributed by atoms with E-state index >= 15 is 0 Å². The number of hydrogen-bond acceptors (Lipinski definition) is 13. The van der Waals surface area contributed by atoms with Crippen molar-refractivity contribution in [2.45, 2.75) is 51.3 Å². The molecule has 17 heteroatoms. The number of para-hydroxylation sites is 2. The molecular weight excluding hydrogens is 937 g/mol. The first kappa shape index (κ1) is 44.8. The molecule has 0 saturated heterocycles. The molecular formula is C51H42N6O7S4. The van der Waals surface area contributed by atoms with Crippen molar-refractivity contribution in [3.63, 3.8) is 0 Å². The zero-order valence-electron chi connectivity index (χ0n) is 37.4. The summed E-state index contributed by atoms with van der Waals surface area (Å²) in [7, 11) is -9.40. The fourth-order valence-corrected chi connectivity index (χ4v) is 12.5. The van der Waals surface area contributed by atoms with Crippen LogP contribution in [0.15, 0.2) is 134 Å². The third-order valence-corrected chi connectivity index (χ3v) is 16.0. The van der Waals surface area contributed by atoms with E-state index in [2.05, 4.69) is 33.9 Å². The first-order valence-electron chi connectivity index (χ1n) is 21.3. The second kappa shape index (κ2) is 17.0. The van der Waals surface area contributed by atoms with Crippen LogP contribution in [0.2, 0.25) is 0 Å². The molecule has 68 heavy (non-hydrogen) atoms. The lowest BCUT2D eigenvalue weighted by molar-refractivity contribution is 0.480. The molecule has 0 atom stereocenters. The van der Waals surface area contributed by atoms with Crippen molar-refractivity contribution in [3.8, 4) is 22.5 Å². The van der Waals surface area contributed by atoms with E-state index in [4.69, 9.17) is 14.4 Å². The fraction of sp³-hybridized carbons (Fsp3) is 0.118. The Morgan fingerprint density at radius 2 is 1.18 bits per heavy atom. The fourth-order valence-electron chi connectivity index (χ4n) is 9.05. The van der Waals surface area contributed by atoms with Gasteiger partial charge in [0, 0.05) is 57.0 Å². The smallest absolute Gasteiger partial charge is 0.295 e. The van der Waals surface area contributed by atoms with Gasteiger partial charge in [-0.25, -0.2) is 15.0 Å². The van der Waals surface area contributed by atoms with Gasteiger partial charge >= 0.3 is 0 Å². The number of fused-ring (bicyclic) bond motifs is 4. The summed E-state index contributed by atoms with van der Waals surface area (Å²) in [6, 6.07) is 34.7. The van der Waals surface area contributed by atoms with Gasteiger partial charge in [0.2, 0.25) is 0 Å². The second-order valence-corrected chi connectivity index (χ2v) is 21.4. The third kappa shape index (κ3) is 8.16. The number of nitrogens with zero attached hydrogens (tertiary/aromatic N) is 3. The molecule has 0 radical (unpaired) electrons. The Balaban J connectivity index is 1.13. The van der Waals surface area contributed by atoms with Crippen LogP contribution in [0, 0.1) is 41.5 Å². The number of rotatable bonds is 10. The van der Waals surface area contributed by atoms with Crippen LogP contribution in [-0.4, -0.2) is 35.9 Å². The van der Waals surface area contributed by atoms with Gasteiger partial charge in [-0.1, -0.05) is 71.2 Å². The molecule has 342 valence electrons. The van der Waals surface area contributed by atoms with Crippen LogP contribution in [0.1, 0.15) is 33.4 Å². The van der Waals surface area contributed by atoms with Crippen LogP contribution in [0.5, 0.6) is 0 Å². The highest BCUT2D eigenvalue weighted by Gasteiger charge is 2.27. The highest BCUT2D eigenvalue weighted by Crippen LogP contribution is 2.45. The molecule has 2 aromatic heterocycles. The topological polar surface area (TPSA) is 196 Å². The molecule has 13 nitrogen and oxygen atoms in total. The Bertz CT molecular complexity index is 3920. The Hall–Kier alpha value is -6.99. The van der Waals surface area contributed by atoms with E-state index < -0.39 is 20.2 Å². The largest absolute Gasteiger partial charge is 0.456 e.